The quantitative estimate of drug-likeness (QED) is 0.167. The molecule has 3 heterocycles. The lowest BCUT2D eigenvalue weighted by atomic mass is 9.64. The lowest BCUT2D eigenvalue weighted by molar-refractivity contribution is -0.293. The van der Waals surface area contributed by atoms with Crippen molar-refractivity contribution in [2.45, 2.75) is 135 Å². The minimum absolute atomic E-state index is 0.0128. The molecule has 0 amide bonds. The van der Waals surface area contributed by atoms with Gasteiger partial charge in [-0.3, -0.25) is 4.99 Å². The van der Waals surface area contributed by atoms with Gasteiger partial charge in [-0.2, -0.15) is 0 Å². The number of aliphatic imine (C=N–C) groups is 1. The second-order valence-electron chi connectivity index (χ2n) is 15.4. The average Bonchev–Trinajstić information content (AvgIpc) is 3.08. The highest BCUT2D eigenvalue weighted by Gasteiger charge is 2.46. The molecule has 2 saturated heterocycles. The summed E-state index contributed by atoms with van der Waals surface area (Å²) in [6, 6.07) is 6.63. The zero-order chi connectivity index (χ0) is 34.3. The maximum atomic E-state index is 10.8. The molecule has 8 nitrogen and oxygen atoms in total. The zero-order valence-corrected chi connectivity index (χ0v) is 29.9. The number of allylic oxidation sites excluding steroid dienone is 2. The molecule has 0 radical (unpaired) electrons. The Morgan fingerprint density at radius 2 is 1.88 bits per heavy atom. The maximum Gasteiger partial charge on any atom is 0.228 e. The van der Waals surface area contributed by atoms with Crippen molar-refractivity contribution < 1.29 is 29.9 Å². The molecular formula is C40H62N2O6. The summed E-state index contributed by atoms with van der Waals surface area (Å²) in [6.45, 7) is 11.0. The number of aliphatic hydroxyl groups is 4. The molecule has 1 aromatic rings. The van der Waals surface area contributed by atoms with E-state index in [2.05, 4.69) is 63.4 Å². The van der Waals surface area contributed by atoms with E-state index in [4.69, 9.17) is 14.5 Å². The van der Waals surface area contributed by atoms with E-state index >= 15 is 0 Å². The number of dihydropyridines is 1. The van der Waals surface area contributed by atoms with Crippen molar-refractivity contribution in [2.75, 3.05) is 26.2 Å². The van der Waals surface area contributed by atoms with Crippen LogP contribution in [0.25, 0.3) is 6.08 Å². The standard InChI is InChI=1S/C40H62N2O6/c1-5-30-24-42-34(26(2)3)32(38(30)48-39-37(46)36(45)35(44)33(25-43)47-39)22-31-15-14-28(21-27(31)4)11-8-6-7-9-12-29-13-10-16-40(23-29)17-19-41-20-18-40/h8,11,14-15,21,26,29-30,33,35-37,39,41,43-46H,5-7,9-10,12-13,16-20,22-25H2,1-4H3. The fourth-order valence-corrected chi connectivity index (χ4v) is 8.61. The summed E-state index contributed by atoms with van der Waals surface area (Å²) in [4.78, 5) is 4.98. The van der Waals surface area contributed by atoms with E-state index in [1.165, 1.54) is 87.6 Å². The van der Waals surface area contributed by atoms with Gasteiger partial charge in [0.2, 0.25) is 6.29 Å². The molecule has 8 heteroatoms. The van der Waals surface area contributed by atoms with Gasteiger partial charge in [-0.25, -0.2) is 0 Å². The topological polar surface area (TPSA) is 124 Å². The van der Waals surface area contributed by atoms with Crippen LogP contribution in [0.4, 0.5) is 0 Å². The number of hydrogen-bond donors (Lipinski definition) is 5. The molecule has 3 fully saturated rings. The van der Waals surface area contributed by atoms with Crippen LogP contribution in [-0.4, -0.2) is 83.1 Å². The minimum Gasteiger partial charge on any atom is -0.466 e. The van der Waals surface area contributed by atoms with E-state index < -0.39 is 37.3 Å². The summed E-state index contributed by atoms with van der Waals surface area (Å²) >= 11 is 0. The number of aliphatic hydroxyl groups excluding tert-OH is 4. The molecular weight excluding hydrogens is 604 g/mol. The van der Waals surface area contributed by atoms with E-state index in [0.717, 1.165) is 30.0 Å². The number of nitrogens with one attached hydrogen (secondary N) is 1. The molecule has 1 spiro atoms. The third-order valence-electron chi connectivity index (χ3n) is 11.6. The lowest BCUT2D eigenvalue weighted by Gasteiger charge is -2.44. The number of ether oxygens (including phenoxy) is 2. The van der Waals surface area contributed by atoms with Crippen molar-refractivity contribution in [3.8, 4) is 0 Å². The molecule has 7 atom stereocenters. The number of unbranched alkanes of at least 4 members (excludes halogenated alkanes) is 2. The Morgan fingerprint density at radius 3 is 2.58 bits per heavy atom. The highest BCUT2D eigenvalue weighted by atomic mass is 16.7. The van der Waals surface area contributed by atoms with E-state index in [1.807, 2.05) is 0 Å². The summed E-state index contributed by atoms with van der Waals surface area (Å²) in [5.41, 5.74) is 6.18. The first-order valence-corrected chi connectivity index (χ1v) is 18.9. The van der Waals surface area contributed by atoms with Crippen LogP contribution < -0.4 is 5.32 Å². The Kier molecular flexibility index (Phi) is 13.4. The predicted molar refractivity (Wildman–Crippen MR) is 192 cm³/mol. The molecule has 5 rings (SSSR count). The number of aryl methyl sites for hydroxylation is 1. The number of piperidine rings is 1. The number of rotatable bonds is 13. The molecule has 268 valence electrons. The molecule has 1 aliphatic carbocycles. The fraction of sp³-hybridized carbons (Fsp3) is 0.725. The van der Waals surface area contributed by atoms with E-state index in [1.54, 1.807) is 0 Å². The van der Waals surface area contributed by atoms with Crippen LogP contribution >= 0.6 is 0 Å². The monoisotopic (exact) mass is 666 g/mol. The molecule has 0 aromatic heterocycles. The first-order chi connectivity index (χ1) is 23.1. The van der Waals surface area contributed by atoms with Crippen molar-refractivity contribution in [3.63, 3.8) is 0 Å². The van der Waals surface area contributed by atoms with Gasteiger partial charge < -0.3 is 35.2 Å². The Bertz CT molecular complexity index is 1280. The van der Waals surface area contributed by atoms with Crippen LogP contribution in [-0.2, 0) is 15.9 Å². The Balaban J connectivity index is 1.21. The van der Waals surface area contributed by atoms with Crippen molar-refractivity contribution in [2.24, 2.45) is 28.2 Å². The van der Waals surface area contributed by atoms with Gasteiger partial charge in [0, 0.05) is 30.2 Å². The van der Waals surface area contributed by atoms with Gasteiger partial charge in [0.25, 0.3) is 0 Å². The number of nitrogens with zero attached hydrogens (tertiary/aromatic N) is 1. The van der Waals surface area contributed by atoms with Crippen molar-refractivity contribution in [3.05, 3.63) is 52.3 Å². The largest absolute Gasteiger partial charge is 0.466 e. The lowest BCUT2D eigenvalue weighted by Crippen LogP contribution is -2.59. The van der Waals surface area contributed by atoms with Crippen LogP contribution in [0.15, 0.2) is 40.6 Å². The third kappa shape index (κ3) is 8.98. The molecule has 1 aromatic carbocycles. The van der Waals surface area contributed by atoms with E-state index in [9.17, 15) is 20.4 Å². The highest BCUT2D eigenvalue weighted by Crippen LogP contribution is 2.47. The molecule has 3 aliphatic heterocycles. The van der Waals surface area contributed by atoms with Gasteiger partial charge in [-0.05, 0) is 98.9 Å². The SMILES string of the molecule is CCC1CN=C(C(C)C)C(Cc2ccc(C=CCCCCC3CCCC4(CCNCC4)C3)cc2C)=C1OC1OC(CO)C(O)C(O)C1O. The van der Waals surface area contributed by atoms with Gasteiger partial charge in [0.1, 0.15) is 30.2 Å². The maximum absolute atomic E-state index is 10.8. The van der Waals surface area contributed by atoms with Crippen LogP contribution in [0.2, 0.25) is 0 Å². The van der Waals surface area contributed by atoms with Crippen LogP contribution in [0.5, 0.6) is 0 Å². The van der Waals surface area contributed by atoms with Gasteiger partial charge in [0.15, 0.2) is 0 Å². The van der Waals surface area contributed by atoms with Crippen LogP contribution in [0, 0.1) is 30.1 Å². The van der Waals surface area contributed by atoms with Gasteiger partial charge in [-0.1, -0.05) is 76.8 Å². The minimum atomic E-state index is -1.49. The normalized spacial score (nSPS) is 31.1. The van der Waals surface area contributed by atoms with Crippen LogP contribution in [0.3, 0.4) is 0 Å². The van der Waals surface area contributed by atoms with Crippen molar-refractivity contribution >= 4 is 11.8 Å². The number of benzene rings is 1. The molecule has 4 aliphatic rings. The smallest absolute Gasteiger partial charge is 0.228 e. The zero-order valence-electron chi connectivity index (χ0n) is 29.9. The number of hydrogen-bond acceptors (Lipinski definition) is 8. The summed E-state index contributed by atoms with van der Waals surface area (Å²) < 4.78 is 12.2. The Morgan fingerprint density at radius 1 is 1.08 bits per heavy atom. The Hall–Kier alpha value is -2.07. The first kappa shape index (κ1) is 37.2. The Labute approximate surface area is 288 Å². The second-order valence-corrected chi connectivity index (χ2v) is 15.4. The third-order valence-corrected chi connectivity index (χ3v) is 11.6. The first-order valence-electron chi connectivity index (χ1n) is 18.9. The van der Waals surface area contributed by atoms with Crippen molar-refractivity contribution in [1.29, 1.82) is 0 Å². The summed E-state index contributed by atoms with van der Waals surface area (Å²) in [6.07, 6.45) is 13.0. The molecule has 5 N–H and O–H groups in total. The molecule has 7 unspecified atom stereocenters. The molecule has 0 bridgehead atoms. The highest BCUT2D eigenvalue weighted by molar-refractivity contribution is 6.03. The van der Waals surface area contributed by atoms with E-state index in [-0.39, 0.29) is 11.8 Å². The summed E-state index contributed by atoms with van der Waals surface area (Å²) in [7, 11) is 0. The average molecular weight is 667 g/mol. The second kappa shape index (κ2) is 17.2. The molecule has 1 saturated carbocycles. The van der Waals surface area contributed by atoms with Crippen LogP contribution in [0.1, 0.15) is 108 Å². The fourth-order valence-electron chi connectivity index (χ4n) is 8.61. The molecule has 48 heavy (non-hydrogen) atoms. The summed E-state index contributed by atoms with van der Waals surface area (Å²) in [5.74, 6) is 1.79. The van der Waals surface area contributed by atoms with E-state index in [0.29, 0.717) is 24.1 Å². The van der Waals surface area contributed by atoms with Crippen molar-refractivity contribution in [1.82, 2.24) is 5.32 Å². The summed E-state index contributed by atoms with van der Waals surface area (Å²) in [5, 5.41) is 44.7. The predicted octanol–water partition coefficient (Wildman–Crippen LogP) is 5.88. The van der Waals surface area contributed by atoms with Gasteiger partial charge in [-0.15, -0.1) is 0 Å². The van der Waals surface area contributed by atoms with Gasteiger partial charge >= 0.3 is 0 Å². The van der Waals surface area contributed by atoms with Gasteiger partial charge in [0.05, 0.1) is 6.61 Å².